The molecule has 4 heteroatoms. The Morgan fingerprint density at radius 2 is 2.62 bits per heavy atom. The van der Waals surface area contributed by atoms with Crippen molar-refractivity contribution in [2.75, 3.05) is 12.3 Å². The summed E-state index contributed by atoms with van der Waals surface area (Å²) in [6.45, 7) is 0.896. The van der Waals surface area contributed by atoms with Crippen LogP contribution in [-0.2, 0) is 18.2 Å². The Morgan fingerprint density at radius 1 is 1.77 bits per heavy atom. The van der Waals surface area contributed by atoms with Gasteiger partial charge in [-0.1, -0.05) is 0 Å². The molecule has 4 nitrogen and oxygen atoms in total. The number of ether oxygens (including phenoxy) is 1. The highest BCUT2D eigenvalue weighted by molar-refractivity contribution is 5.30. The van der Waals surface area contributed by atoms with E-state index in [0.29, 0.717) is 11.9 Å². The average Bonchev–Trinajstić information content (AvgIpc) is 2.64. The topological polar surface area (TPSA) is 53.1 Å². The van der Waals surface area contributed by atoms with Gasteiger partial charge in [0.2, 0.25) is 0 Å². The van der Waals surface area contributed by atoms with Gasteiger partial charge in [-0.25, -0.2) is 0 Å². The Morgan fingerprint density at radius 3 is 3.15 bits per heavy atom. The molecule has 1 aromatic rings. The molecule has 1 atom stereocenters. The molecule has 1 aromatic heterocycles. The van der Waals surface area contributed by atoms with Crippen molar-refractivity contribution in [3.05, 3.63) is 11.8 Å². The lowest BCUT2D eigenvalue weighted by Crippen LogP contribution is -2.09. The molecule has 1 aliphatic rings. The van der Waals surface area contributed by atoms with Gasteiger partial charge in [0.15, 0.2) is 0 Å². The number of aromatic nitrogens is 2. The first-order chi connectivity index (χ1) is 6.25. The first kappa shape index (κ1) is 8.56. The minimum absolute atomic E-state index is 0.356. The van der Waals surface area contributed by atoms with Crippen LogP contribution in [0.3, 0.4) is 0 Å². The monoisotopic (exact) mass is 181 g/mol. The third-order valence-electron chi connectivity index (χ3n) is 2.43. The molecule has 1 aliphatic heterocycles. The lowest BCUT2D eigenvalue weighted by molar-refractivity contribution is 0.110. The summed E-state index contributed by atoms with van der Waals surface area (Å²) >= 11 is 0. The van der Waals surface area contributed by atoms with E-state index in [1.54, 1.807) is 4.68 Å². The van der Waals surface area contributed by atoms with Crippen molar-refractivity contribution in [3.8, 4) is 0 Å². The van der Waals surface area contributed by atoms with Crippen molar-refractivity contribution in [3.63, 3.8) is 0 Å². The quantitative estimate of drug-likeness (QED) is 0.731. The zero-order valence-corrected chi connectivity index (χ0v) is 7.86. The van der Waals surface area contributed by atoms with Gasteiger partial charge < -0.3 is 10.5 Å². The van der Waals surface area contributed by atoms with Crippen LogP contribution in [0, 0.1) is 0 Å². The summed E-state index contributed by atoms with van der Waals surface area (Å²) in [5.74, 6) is 0.716. The van der Waals surface area contributed by atoms with Crippen LogP contribution in [0.5, 0.6) is 0 Å². The van der Waals surface area contributed by atoms with E-state index in [4.69, 9.17) is 10.5 Å². The van der Waals surface area contributed by atoms with E-state index in [1.165, 1.54) is 6.42 Å². The van der Waals surface area contributed by atoms with E-state index in [1.807, 2.05) is 13.1 Å². The van der Waals surface area contributed by atoms with E-state index >= 15 is 0 Å². The fraction of sp³-hybridized carbons (Fsp3) is 0.667. The van der Waals surface area contributed by atoms with Crippen molar-refractivity contribution < 1.29 is 4.74 Å². The minimum Gasteiger partial charge on any atom is -0.384 e. The normalized spacial score (nSPS) is 22.4. The predicted molar refractivity (Wildman–Crippen MR) is 50.3 cm³/mol. The van der Waals surface area contributed by atoms with Crippen molar-refractivity contribution in [2.45, 2.75) is 25.4 Å². The zero-order valence-electron chi connectivity index (χ0n) is 7.86. The van der Waals surface area contributed by atoms with Gasteiger partial charge in [0.05, 0.1) is 11.8 Å². The van der Waals surface area contributed by atoms with E-state index in [2.05, 4.69) is 5.10 Å². The van der Waals surface area contributed by atoms with E-state index in [9.17, 15) is 0 Å². The molecule has 0 radical (unpaired) electrons. The molecule has 0 amide bonds. The summed E-state index contributed by atoms with van der Waals surface area (Å²) in [5, 5.41) is 4.29. The number of aryl methyl sites for hydroxylation is 1. The third-order valence-corrected chi connectivity index (χ3v) is 2.43. The average molecular weight is 181 g/mol. The SMILES string of the molecule is Cn1nc(CC2CCCO2)cc1N. The molecule has 2 rings (SSSR count). The molecule has 0 aromatic carbocycles. The van der Waals surface area contributed by atoms with Crippen LogP contribution in [0.15, 0.2) is 6.07 Å². The van der Waals surface area contributed by atoms with Gasteiger partial charge in [-0.2, -0.15) is 5.10 Å². The van der Waals surface area contributed by atoms with Gasteiger partial charge in [0.25, 0.3) is 0 Å². The molecular formula is C9H15N3O. The summed E-state index contributed by atoms with van der Waals surface area (Å²) < 4.78 is 7.21. The highest BCUT2D eigenvalue weighted by atomic mass is 16.5. The molecule has 1 unspecified atom stereocenters. The van der Waals surface area contributed by atoms with Crippen LogP contribution in [0.2, 0.25) is 0 Å². The Kier molecular flexibility index (Phi) is 2.22. The van der Waals surface area contributed by atoms with Crippen LogP contribution >= 0.6 is 0 Å². The lowest BCUT2D eigenvalue weighted by Gasteiger charge is -2.05. The molecule has 0 bridgehead atoms. The second kappa shape index (κ2) is 3.38. The van der Waals surface area contributed by atoms with Gasteiger partial charge in [-0.15, -0.1) is 0 Å². The lowest BCUT2D eigenvalue weighted by atomic mass is 10.1. The zero-order chi connectivity index (χ0) is 9.26. The molecule has 2 heterocycles. The number of hydrogen-bond donors (Lipinski definition) is 1. The van der Waals surface area contributed by atoms with Crippen LogP contribution in [-0.4, -0.2) is 22.5 Å². The van der Waals surface area contributed by atoms with Gasteiger partial charge in [-0.05, 0) is 12.8 Å². The summed E-state index contributed by atoms with van der Waals surface area (Å²) in [6.07, 6.45) is 3.57. The second-order valence-corrected chi connectivity index (χ2v) is 3.52. The standard InChI is InChI=1S/C9H15N3O/c1-12-9(10)6-7(11-12)5-8-3-2-4-13-8/h6,8H,2-5,10H2,1H3. The summed E-state index contributed by atoms with van der Waals surface area (Å²) in [4.78, 5) is 0. The van der Waals surface area contributed by atoms with Gasteiger partial charge in [-0.3, -0.25) is 4.68 Å². The molecule has 72 valence electrons. The third kappa shape index (κ3) is 1.83. The molecule has 0 aliphatic carbocycles. The molecule has 0 saturated carbocycles. The van der Waals surface area contributed by atoms with Crippen LogP contribution in [0.25, 0.3) is 0 Å². The number of anilines is 1. The number of rotatable bonds is 2. The van der Waals surface area contributed by atoms with Crippen molar-refractivity contribution in [1.29, 1.82) is 0 Å². The Bertz CT molecular complexity index is 270. The summed E-state index contributed by atoms with van der Waals surface area (Å²) in [5.41, 5.74) is 6.71. The smallest absolute Gasteiger partial charge is 0.121 e. The largest absolute Gasteiger partial charge is 0.384 e. The molecule has 0 spiro atoms. The first-order valence-corrected chi connectivity index (χ1v) is 4.65. The maximum Gasteiger partial charge on any atom is 0.121 e. The number of nitrogens with two attached hydrogens (primary N) is 1. The molecular weight excluding hydrogens is 166 g/mol. The molecule has 1 fully saturated rings. The van der Waals surface area contributed by atoms with Crippen LogP contribution < -0.4 is 5.73 Å². The van der Waals surface area contributed by atoms with Crippen LogP contribution in [0.1, 0.15) is 18.5 Å². The second-order valence-electron chi connectivity index (χ2n) is 3.52. The van der Waals surface area contributed by atoms with Gasteiger partial charge in [0, 0.05) is 26.1 Å². The van der Waals surface area contributed by atoms with Crippen LogP contribution in [0.4, 0.5) is 5.82 Å². The molecule has 13 heavy (non-hydrogen) atoms. The Labute approximate surface area is 77.7 Å². The summed E-state index contributed by atoms with van der Waals surface area (Å²) in [7, 11) is 1.86. The number of nitrogens with zero attached hydrogens (tertiary/aromatic N) is 2. The fourth-order valence-electron chi connectivity index (χ4n) is 1.68. The van der Waals surface area contributed by atoms with Crippen molar-refractivity contribution in [2.24, 2.45) is 7.05 Å². The number of nitrogen functional groups attached to an aromatic ring is 1. The molecule has 1 saturated heterocycles. The highest BCUT2D eigenvalue weighted by Gasteiger charge is 2.17. The van der Waals surface area contributed by atoms with Crippen molar-refractivity contribution >= 4 is 5.82 Å². The first-order valence-electron chi connectivity index (χ1n) is 4.65. The maximum atomic E-state index is 5.67. The van der Waals surface area contributed by atoms with E-state index in [-0.39, 0.29) is 0 Å². The van der Waals surface area contributed by atoms with E-state index < -0.39 is 0 Å². The molecule has 2 N–H and O–H groups in total. The van der Waals surface area contributed by atoms with Crippen molar-refractivity contribution in [1.82, 2.24) is 9.78 Å². The number of hydrogen-bond acceptors (Lipinski definition) is 3. The maximum absolute atomic E-state index is 5.67. The van der Waals surface area contributed by atoms with E-state index in [0.717, 1.165) is 25.1 Å². The highest BCUT2D eigenvalue weighted by Crippen LogP contribution is 2.17. The van der Waals surface area contributed by atoms with Gasteiger partial charge >= 0.3 is 0 Å². The fourth-order valence-corrected chi connectivity index (χ4v) is 1.68. The van der Waals surface area contributed by atoms with Gasteiger partial charge in [0.1, 0.15) is 5.82 Å². The predicted octanol–water partition coefficient (Wildman–Crippen LogP) is 0.724. The summed E-state index contributed by atoms with van der Waals surface area (Å²) in [6, 6.07) is 1.92. The Hall–Kier alpha value is -1.03. The Balaban J connectivity index is 2.00. The minimum atomic E-state index is 0.356.